The van der Waals surface area contributed by atoms with Crippen molar-refractivity contribution in [2.75, 3.05) is 5.01 Å². The summed E-state index contributed by atoms with van der Waals surface area (Å²) in [5.41, 5.74) is 3.92. The number of carbonyl (C=O) groups is 2. The van der Waals surface area contributed by atoms with Crippen LogP contribution >= 0.6 is 0 Å². The van der Waals surface area contributed by atoms with Crippen LogP contribution in [0.25, 0.3) is 0 Å². The highest BCUT2D eigenvalue weighted by atomic mass is 16.2. The van der Waals surface area contributed by atoms with Crippen molar-refractivity contribution in [3.8, 4) is 0 Å². The second-order valence-electron chi connectivity index (χ2n) is 5.89. The highest BCUT2D eigenvalue weighted by Crippen LogP contribution is 2.26. The number of carbonyl (C=O) groups excluding carboxylic acids is 2. The SMILES string of the molecule is CC1=NN(c2ccc(C)cc2)C(=O)[C@@H]1C(=O)c1ccc(C)cc1. The second-order valence-corrected chi connectivity index (χ2v) is 5.89. The van der Waals surface area contributed by atoms with E-state index in [-0.39, 0.29) is 11.7 Å². The number of anilines is 1. The molecule has 0 fully saturated rings. The Kier molecular flexibility index (Phi) is 3.82. The Bertz CT molecular complexity index is 789. The van der Waals surface area contributed by atoms with E-state index < -0.39 is 5.92 Å². The third-order valence-corrected chi connectivity index (χ3v) is 4.01. The normalized spacial score (nSPS) is 17.3. The number of benzene rings is 2. The molecule has 1 heterocycles. The maximum absolute atomic E-state index is 12.7. The average Bonchev–Trinajstić information content (AvgIpc) is 2.83. The number of ketones is 1. The Morgan fingerprint density at radius 2 is 1.43 bits per heavy atom. The molecule has 0 radical (unpaired) electrons. The van der Waals surface area contributed by atoms with Gasteiger partial charge in [-0.2, -0.15) is 10.1 Å². The summed E-state index contributed by atoms with van der Waals surface area (Å²) in [7, 11) is 0. The number of nitrogens with zero attached hydrogens (tertiary/aromatic N) is 2. The van der Waals surface area contributed by atoms with Gasteiger partial charge in [0.2, 0.25) is 0 Å². The molecule has 2 aromatic carbocycles. The molecule has 1 atom stereocenters. The van der Waals surface area contributed by atoms with Gasteiger partial charge in [-0.05, 0) is 32.9 Å². The Morgan fingerprint density at radius 1 is 0.913 bits per heavy atom. The fourth-order valence-corrected chi connectivity index (χ4v) is 2.62. The van der Waals surface area contributed by atoms with Gasteiger partial charge in [0.1, 0.15) is 5.92 Å². The Hall–Kier alpha value is -2.75. The van der Waals surface area contributed by atoms with Crippen LogP contribution in [0.1, 0.15) is 28.4 Å². The minimum atomic E-state index is -0.834. The molecule has 2 aromatic rings. The second kappa shape index (κ2) is 5.80. The number of Topliss-reactive ketones (excluding diaryl/α,β-unsaturated/α-hetero) is 1. The monoisotopic (exact) mass is 306 g/mol. The van der Waals surface area contributed by atoms with Gasteiger partial charge in [0.05, 0.1) is 11.4 Å². The summed E-state index contributed by atoms with van der Waals surface area (Å²) in [6, 6.07) is 14.8. The van der Waals surface area contributed by atoms with Crippen molar-refractivity contribution in [3.05, 3.63) is 65.2 Å². The lowest BCUT2D eigenvalue weighted by molar-refractivity contribution is -0.118. The first-order chi connectivity index (χ1) is 11.0. The van der Waals surface area contributed by atoms with Gasteiger partial charge in [-0.1, -0.05) is 47.5 Å². The van der Waals surface area contributed by atoms with E-state index >= 15 is 0 Å². The van der Waals surface area contributed by atoms with E-state index in [0.29, 0.717) is 17.0 Å². The Morgan fingerprint density at radius 3 is 2.00 bits per heavy atom. The fraction of sp³-hybridized carbons (Fsp3) is 0.211. The van der Waals surface area contributed by atoms with Gasteiger partial charge in [-0.25, -0.2) is 0 Å². The van der Waals surface area contributed by atoms with Crippen molar-refractivity contribution in [1.29, 1.82) is 0 Å². The van der Waals surface area contributed by atoms with Crippen molar-refractivity contribution in [1.82, 2.24) is 0 Å². The van der Waals surface area contributed by atoms with Gasteiger partial charge in [0.25, 0.3) is 5.91 Å². The van der Waals surface area contributed by atoms with Crippen LogP contribution in [-0.2, 0) is 4.79 Å². The fourth-order valence-electron chi connectivity index (χ4n) is 2.62. The van der Waals surface area contributed by atoms with E-state index in [1.54, 1.807) is 19.1 Å². The molecule has 0 aliphatic carbocycles. The lowest BCUT2D eigenvalue weighted by atomic mass is 9.93. The molecule has 1 amide bonds. The van der Waals surface area contributed by atoms with Crippen LogP contribution in [0.15, 0.2) is 53.6 Å². The van der Waals surface area contributed by atoms with Crippen molar-refractivity contribution in [2.24, 2.45) is 11.0 Å². The summed E-state index contributed by atoms with van der Waals surface area (Å²) < 4.78 is 0. The standard InChI is InChI=1S/C19H18N2O2/c1-12-4-8-15(9-5-12)18(22)17-14(3)20-21(19(17)23)16-10-6-13(2)7-11-16/h4-11,17H,1-3H3/t17-/m0/s1. The van der Waals surface area contributed by atoms with Gasteiger partial charge in [0, 0.05) is 5.56 Å². The quantitative estimate of drug-likeness (QED) is 0.643. The number of hydrazone groups is 1. The maximum atomic E-state index is 12.7. The van der Waals surface area contributed by atoms with E-state index in [1.165, 1.54) is 5.01 Å². The zero-order chi connectivity index (χ0) is 16.6. The van der Waals surface area contributed by atoms with Gasteiger partial charge in [-0.3, -0.25) is 9.59 Å². The van der Waals surface area contributed by atoms with Gasteiger partial charge < -0.3 is 0 Å². The number of amides is 1. The van der Waals surface area contributed by atoms with Crippen LogP contribution in [0.3, 0.4) is 0 Å². The molecule has 116 valence electrons. The molecular formula is C19H18N2O2. The molecule has 23 heavy (non-hydrogen) atoms. The molecule has 1 aliphatic heterocycles. The Balaban J connectivity index is 1.89. The number of rotatable bonds is 3. The molecule has 0 saturated heterocycles. The first-order valence-corrected chi connectivity index (χ1v) is 7.54. The molecule has 3 rings (SSSR count). The lowest BCUT2D eigenvalue weighted by Gasteiger charge is -2.14. The summed E-state index contributed by atoms with van der Waals surface area (Å²) >= 11 is 0. The largest absolute Gasteiger partial charge is 0.293 e. The molecule has 0 N–H and O–H groups in total. The van der Waals surface area contributed by atoms with Crippen LogP contribution in [0.5, 0.6) is 0 Å². The highest BCUT2D eigenvalue weighted by Gasteiger charge is 2.39. The summed E-state index contributed by atoms with van der Waals surface area (Å²) in [5, 5.41) is 5.62. The molecule has 0 bridgehead atoms. The van der Waals surface area contributed by atoms with Crippen molar-refractivity contribution < 1.29 is 9.59 Å². The van der Waals surface area contributed by atoms with Crippen LogP contribution < -0.4 is 5.01 Å². The van der Waals surface area contributed by atoms with Crippen molar-refractivity contribution >= 4 is 23.1 Å². The van der Waals surface area contributed by atoms with E-state index in [4.69, 9.17) is 0 Å². The van der Waals surface area contributed by atoms with Crippen LogP contribution in [0.4, 0.5) is 5.69 Å². The van der Waals surface area contributed by atoms with Gasteiger partial charge in [-0.15, -0.1) is 0 Å². The molecule has 0 spiro atoms. The minimum absolute atomic E-state index is 0.203. The number of hydrogen-bond donors (Lipinski definition) is 0. The lowest BCUT2D eigenvalue weighted by Crippen LogP contribution is -2.32. The molecule has 4 nitrogen and oxygen atoms in total. The highest BCUT2D eigenvalue weighted by molar-refractivity contribution is 6.30. The Labute approximate surface area is 135 Å². The minimum Gasteiger partial charge on any atom is -0.293 e. The molecule has 1 aliphatic rings. The van der Waals surface area contributed by atoms with Gasteiger partial charge >= 0.3 is 0 Å². The van der Waals surface area contributed by atoms with E-state index in [0.717, 1.165) is 11.1 Å². The maximum Gasteiger partial charge on any atom is 0.264 e. The predicted octanol–water partition coefficient (Wildman–Crippen LogP) is 3.53. The van der Waals surface area contributed by atoms with Crippen LogP contribution in [-0.4, -0.2) is 17.4 Å². The van der Waals surface area contributed by atoms with E-state index in [1.807, 2.05) is 50.2 Å². The summed E-state index contributed by atoms with van der Waals surface area (Å²) in [6.07, 6.45) is 0. The smallest absolute Gasteiger partial charge is 0.264 e. The average molecular weight is 306 g/mol. The topological polar surface area (TPSA) is 49.7 Å². The van der Waals surface area contributed by atoms with Crippen molar-refractivity contribution in [3.63, 3.8) is 0 Å². The zero-order valence-electron chi connectivity index (χ0n) is 13.4. The molecule has 0 unspecified atom stereocenters. The predicted molar refractivity (Wildman–Crippen MR) is 90.8 cm³/mol. The summed E-state index contributed by atoms with van der Waals surface area (Å²) in [5.74, 6) is -1.33. The first-order valence-electron chi connectivity index (χ1n) is 7.54. The van der Waals surface area contributed by atoms with Gasteiger partial charge in [0.15, 0.2) is 5.78 Å². The molecule has 0 saturated carbocycles. The van der Waals surface area contributed by atoms with E-state index in [2.05, 4.69) is 5.10 Å². The molecule has 4 heteroatoms. The number of hydrogen-bond acceptors (Lipinski definition) is 3. The summed E-state index contributed by atoms with van der Waals surface area (Å²) in [4.78, 5) is 25.4. The van der Waals surface area contributed by atoms with Crippen LogP contribution in [0, 0.1) is 19.8 Å². The summed E-state index contributed by atoms with van der Waals surface area (Å²) in [6.45, 7) is 5.66. The van der Waals surface area contributed by atoms with Crippen LogP contribution in [0.2, 0.25) is 0 Å². The number of aryl methyl sites for hydroxylation is 2. The molecule has 0 aromatic heterocycles. The zero-order valence-corrected chi connectivity index (χ0v) is 13.4. The van der Waals surface area contributed by atoms with E-state index in [9.17, 15) is 9.59 Å². The third kappa shape index (κ3) is 2.80. The van der Waals surface area contributed by atoms with Crippen molar-refractivity contribution in [2.45, 2.75) is 20.8 Å². The third-order valence-electron chi connectivity index (χ3n) is 4.01. The molecular weight excluding hydrogens is 288 g/mol. The first kappa shape index (κ1) is 15.2.